The number of phenolic OH excluding ortho intramolecular Hbond substituents is 2. The van der Waals surface area contributed by atoms with Gasteiger partial charge in [0, 0.05) is 45.2 Å². The van der Waals surface area contributed by atoms with Crippen LogP contribution in [0.15, 0.2) is 72.8 Å². The van der Waals surface area contributed by atoms with Crippen molar-refractivity contribution in [2.75, 3.05) is 35.3 Å². The summed E-state index contributed by atoms with van der Waals surface area (Å²) < 4.78 is 11.1. The molecule has 6 atom stereocenters. The summed E-state index contributed by atoms with van der Waals surface area (Å²) in [5.74, 6) is -4.05. The number of esters is 2. The maximum atomic E-state index is 14.6. The van der Waals surface area contributed by atoms with Gasteiger partial charge in [-0.1, -0.05) is 81.8 Å². The summed E-state index contributed by atoms with van der Waals surface area (Å²) in [4.78, 5) is 74.5. The Morgan fingerprint density at radius 2 is 1.07 bits per heavy atom. The normalized spacial score (nSPS) is 14.5. The number of hydrogen-bond acceptors (Lipinski definition) is 10. The third kappa shape index (κ3) is 12.9. The first-order valence-electron chi connectivity index (χ1n) is 19.5. The summed E-state index contributed by atoms with van der Waals surface area (Å²) in [5.41, 5.74) is 3.37. The van der Waals surface area contributed by atoms with Crippen molar-refractivity contribution in [3.63, 3.8) is 0 Å². The molecule has 0 bridgehead atoms. The van der Waals surface area contributed by atoms with Crippen LogP contribution in [-0.2, 0) is 52.7 Å². The molecule has 0 saturated carbocycles. The number of carbonyl (C=O) groups excluding carboxylic acids is 5. The summed E-state index contributed by atoms with van der Waals surface area (Å²) in [6.07, 6.45) is -0.259. The Balaban J connectivity index is 1.93. The number of benzene rings is 3. The Labute approximate surface area is 337 Å². The van der Waals surface area contributed by atoms with E-state index < -0.39 is 53.9 Å². The third-order valence-corrected chi connectivity index (χ3v) is 10.8. The van der Waals surface area contributed by atoms with Crippen LogP contribution in [0.2, 0.25) is 0 Å². The van der Waals surface area contributed by atoms with Gasteiger partial charge in [-0.05, 0) is 80.7 Å². The third-order valence-electron chi connectivity index (χ3n) is 10.8. The predicted octanol–water partition coefficient (Wildman–Crippen LogP) is 5.38. The zero-order valence-electron chi connectivity index (χ0n) is 35.1. The number of hydrogen-bond donors (Lipinski definition) is 2. The maximum absolute atomic E-state index is 14.6. The topological polar surface area (TPSA) is 154 Å². The molecule has 0 aliphatic rings. The van der Waals surface area contributed by atoms with E-state index >= 15 is 0 Å². The van der Waals surface area contributed by atoms with Crippen molar-refractivity contribution in [2.45, 2.75) is 91.0 Å². The number of methoxy groups -OCH3 is 1. The van der Waals surface area contributed by atoms with Crippen LogP contribution in [0.4, 0.5) is 0 Å². The summed E-state index contributed by atoms with van der Waals surface area (Å²) in [6.45, 7) is 9.39. The quantitative estimate of drug-likeness (QED) is 0.143. The van der Waals surface area contributed by atoms with E-state index in [0.29, 0.717) is 24.0 Å². The number of phenols is 2. The van der Waals surface area contributed by atoms with E-state index in [1.54, 1.807) is 43.3 Å². The van der Waals surface area contributed by atoms with Crippen LogP contribution in [-0.4, -0.2) is 114 Å². The summed E-state index contributed by atoms with van der Waals surface area (Å²) in [7, 11) is 7.79. The molecule has 0 heterocycles. The number of carbonyl (C=O) groups is 5. The van der Waals surface area contributed by atoms with Crippen molar-refractivity contribution in [1.82, 2.24) is 14.7 Å². The Morgan fingerprint density at radius 1 is 0.632 bits per heavy atom. The van der Waals surface area contributed by atoms with Crippen molar-refractivity contribution < 1.29 is 43.7 Å². The predicted molar refractivity (Wildman–Crippen MR) is 218 cm³/mol. The first-order chi connectivity index (χ1) is 26.9. The van der Waals surface area contributed by atoms with E-state index in [4.69, 9.17) is 9.47 Å². The fourth-order valence-electron chi connectivity index (χ4n) is 6.70. The largest absolute Gasteiger partial charge is 0.508 e. The van der Waals surface area contributed by atoms with E-state index in [1.807, 2.05) is 58.9 Å². The maximum Gasteiger partial charge on any atom is 0.328 e. The number of likely N-dealkylation sites (N-methyl/N-ethyl adjacent to an activating group) is 3. The van der Waals surface area contributed by atoms with Gasteiger partial charge in [0.25, 0.3) is 0 Å². The van der Waals surface area contributed by atoms with Crippen LogP contribution >= 0.6 is 0 Å². The van der Waals surface area contributed by atoms with Gasteiger partial charge in [0.15, 0.2) is 11.9 Å². The molecule has 2 N–H and O–H groups in total. The molecule has 12 heteroatoms. The number of aromatic hydroxyl groups is 2. The first kappa shape index (κ1) is 46.2. The molecule has 0 aliphatic heterocycles. The molecule has 0 spiro atoms. The van der Waals surface area contributed by atoms with Gasteiger partial charge in [0.05, 0.1) is 7.11 Å². The highest BCUT2D eigenvalue weighted by molar-refractivity contribution is 5.94. The number of amides is 2. The van der Waals surface area contributed by atoms with Crippen molar-refractivity contribution in [2.24, 2.45) is 17.8 Å². The average Bonchev–Trinajstić information content (AvgIpc) is 3.19. The molecular weight excluding hydrogens is 727 g/mol. The molecule has 3 aromatic carbocycles. The van der Waals surface area contributed by atoms with Gasteiger partial charge in [-0.25, -0.2) is 4.79 Å². The lowest BCUT2D eigenvalue weighted by Crippen LogP contribution is -2.55. The highest BCUT2D eigenvalue weighted by Crippen LogP contribution is 2.27. The number of ketones is 1. The van der Waals surface area contributed by atoms with Crippen molar-refractivity contribution in [3.8, 4) is 11.5 Å². The number of rotatable bonds is 20. The van der Waals surface area contributed by atoms with E-state index in [-0.39, 0.29) is 48.4 Å². The molecule has 0 unspecified atom stereocenters. The summed E-state index contributed by atoms with van der Waals surface area (Å²) in [5, 5.41) is 19.7. The minimum absolute atomic E-state index is 0.0322. The molecular formula is C45H61N3O9. The lowest BCUT2D eigenvalue weighted by Gasteiger charge is -2.36. The monoisotopic (exact) mass is 787 g/mol. The molecule has 0 fully saturated rings. The SMILES string of the molecule is CC[C@@H](C)[C@@H](OC(=O)[C@H](Cc1ccc(C)cc1)N(C)C)C(=O)C[C@H](C(=O)N(C)[C@H](Cc1ccc(O)cc1)C(=O)N(C)[C@H](Cc1ccc(O)cc1)C(=O)OC)C(C)C. The van der Waals surface area contributed by atoms with Crippen LogP contribution < -0.4 is 0 Å². The summed E-state index contributed by atoms with van der Waals surface area (Å²) >= 11 is 0. The second kappa shape index (κ2) is 21.3. The van der Waals surface area contributed by atoms with Gasteiger partial charge < -0.3 is 29.5 Å². The average molecular weight is 788 g/mol. The molecule has 3 aromatic rings. The fraction of sp³-hybridized carbons (Fsp3) is 0.489. The molecule has 0 saturated heterocycles. The number of nitrogens with zero attached hydrogens (tertiary/aromatic N) is 3. The minimum atomic E-state index is -1.12. The number of ether oxygens (including phenoxy) is 2. The van der Waals surface area contributed by atoms with Crippen LogP contribution in [0, 0.1) is 24.7 Å². The van der Waals surface area contributed by atoms with Gasteiger partial charge >= 0.3 is 11.9 Å². The molecule has 0 radical (unpaired) electrons. The zero-order valence-corrected chi connectivity index (χ0v) is 35.1. The molecule has 3 rings (SSSR count). The van der Waals surface area contributed by atoms with Crippen LogP contribution in [0.5, 0.6) is 11.5 Å². The Kier molecular flexibility index (Phi) is 17.3. The highest BCUT2D eigenvalue weighted by Gasteiger charge is 2.40. The lowest BCUT2D eigenvalue weighted by atomic mass is 9.85. The molecule has 0 aromatic heterocycles. The van der Waals surface area contributed by atoms with E-state index in [1.165, 1.54) is 55.3 Å². The zero-order chi connectivity index (χ0) is 42.6. The van der Waals surface area contributed by atoms with Gasteiger partial charge in [0.1, 0.15) is 29.6 Å². The molecule has 57 heavy (non-hydrogen) atoms. The van der Waals surface area contributed by atoms with Gasteiger partial charge in [0.2, 0.25) is 11.8 Å². The van der Waals surface area contributed by atoms with Crippen molar-refractivity contribution in [1.29, 1.82) is 0 Å². The Bertz CT molecular complexity index is 1790. The van der Waals surface area contributed by atoms with E-state index in [2.05, 4.69) is 0 Å². The molecule has 2 amide bonds. The van der Waals surface area contributed by atoms with E-state index in [9.17, 15) is 34.2 Å². The van der Waals surface area contributed by atoms with E-state index in [0.717, 1.165) is 11.1 Å². The summed E-state index contributed by atoms with van der Waals surface area (Å²) in [6, 6.07) is 17.6. The van der Waals surface area contributed by atoms with Crippen molar-refractivity contribution >= 4 is 29.5 Å². The van der Waals surface area contributed by atoms with Crippen LogP contribution in [0.3, 0.4) is 0 Å². The van der Waals surface area contributed by atoms with Crippen molar-refractivity contribution in [3.05, 3.63) is 95.1 Å². The van der Waals surface area contributed by atoms with Crippen LogP contribution in [0.25, 0.3) is 0 Å². The number of aryl methyl sites for hydroxylation is 1. The van der Waals surface area contributed by atoms with Gasteiger partial charge in [-0.3, -0.25) is 24.1 Å². The lowest BCUT2D eigenvalue weighted by molar-refractivity contribution is -0.163. The standard InChI is InChI=1S/C45H61N3O9/c1-11-30(5)41(57-45(55)38(46(6)7)25-31-14-12-29(4)13-15-31)40(51)27-36(28(2)3)42(52)47(8)37(24-32-16-20-34(49)21-17-32)43(53)48(9)39(44(54)56-10)26-33-18-22-35(50)23-19-33/h12-23,28,30,36-39,41,49-50H,11,24-27H2,1-10H3/t30-,36+,37-,38+,39-,41-/m1/s1. The Morgan fingerprint density at radius 3 is 1.51 bits per heavy atom. The molecule has 12 nitrogen and oxygen atoms in total. The van der Waals surface area contributed by atoms with Gasteiger partial charge in [-0.2, -0.15) is 0 Å². The second-order valence-corrected chi connectivity index (χ2v) is 15.6. The molecule has 0 aliphatic carbocycles. The first-order valence-corrected chi connectivity index (χ1v) is 19.5. The number of Topliss-reactive ketones (excluding diaryl/α,β-unsaturated/α-hetero) is 1. The minimum Gasteiger partial charge on any atom is -0.508 e. The highest BCUT2D eigenvalue weighted by atomic mass is 16.5. The molecule has 310 valence electrons. The second-order valence-electron chi connectivity index (χ2n) is 15.6. The Hall–Kier alpha value is -5.23. The van der Waals surface area contributed by atoms with Crippen LogP contribution in [0.1, 0.15) is 62.8 Å². The smallest absolute Gasteiger partial charge is 0.328 e. The fourth-order valence-corrected chi connectivity index (χ4v) is 6.70. The van der Waals surface area contributed by atoms with Gasteiger partial charge in [-0.15, -0.1) is 0 Å².